The van der Waals surface area contributed by atoms with Crippen molar-refractivity contribution in [1.82, 2.24) is 15.5 Å². The van der Waals surface area contributed by atoms with Crippen molar-refractivity contribution in [2.45, 2.75) is 33.2 Å². The number of urea groups is 1. The number of halogens is 1. The quantitative estimate of drug-likeness (QED) is 0.371. The maximum Gasteiger partial charge on any atom is 0.321 e. The first kappa shape index (κ1) is 20.5. The first-order chi connectivity index (χ1) is 11.2. The Morgan fingerprint density at radius 2 is 1.83 bits per heavy atom. The lowest BCUT2D eigenvalue weighted by Crippen LogP contribution is -2.36. The van der Waals surface area contributed by atoms with E-state index in [0.717, 1.165) is 56.2 Å². The Hall–Kier alpha value is -1.51. The molecule has 1 aromatic carbocycles. The molecular formula is C17H28IN5O. The number of anilines is 1. The summed E-state index contributed by atoms with van der Waals surface area (Å²) in [6, 6.07) is 7.85. The SMILES string of the molecule is CCNC(=NCc1cccc(NC(=O)N2CCCC2)c1)NCC.I. The third kappa shape index (κ3) is 6.54. The molecule has 2 amide bonds. The predicted octanol–water partition coefficient (Wildman–Crippen LogP) is 3.01. The second-order valence-corrected chi connectivity index (χ2v) is 5.55. The molecule has 0 atom stereocenters. The molecule has 1 heterocycles. The van der Waals surface area contributed by atoms with Gasteiger partial charge in [-0.1, -0.05) is 12.1 Å². The summed E-state index contributed by atoms with van der Waals surface area (Å²) in [6.45, 7) is 8.02. The number of nitrogens with zero attached hydrogens (tertiary/aromatic N) is 2. The molecular weight excluding hydrogens is 417 g/mol. The van der Waals surface area contributed by atoms with Crippen LogP contribution < -0.4 is 16.0 Å². The van der Waals surface area contributed by atoms with Gasteiger partial charge in [-0.2, -0.15) is 0 Å². The second-order valence-electron chi connectivity index (χ2n) is 5.55. The lowest BCUT2D eigenvalue weighted by molar-refractivity contribution is 0.222. The van der Waals surface area contributed by atoms with Gasteiger partial charge in [-0.05, 0) is 44.4 Å². The first-order valence-corrected chi connectivity index (χ1v) is 8.40. The van der Waals surface area contributed by atoms with Crippen molar-refractivity contribution in [1.29, 1.82) is 0 Å². The van der Waals surface area contributed by atoms with Crippen LogP contribution in [0.5, 0.6) is 0 Å². The van der Waals surface area contributed by atoms with Gasteiger partial charge in [0.2, 0.25) is 0 Å². The molecule has 1 aliphatic heterocycles. The molecule has 0 aliphatic carbocycles. The van der Waals surface area contributed by atoms with Crippen LogP contribution in [0.1, 0.15) is 32.3 Å². The molecule has 1 saturated heterocycles. The van der Waals surface area contributed by atoms with E-state index in [-0.39, 0.29) is 30.0 Å². The molecule has 0 spiro atoms. The normalized spacial score (nSPS) is 13.0. The fourth-order valence-electron chi connectivity index (χ4n) is 2.55. The number of hydrogen-bond donors (Lipinski definition) is 3. The summed E-state index contributed by atoms with van der Waals surface area (Å²) in [5.74, 6) is 0.807. The van der Waals surface area contributed by atoms with Crippen LogP contribution in [0.3, 0.4) is 0 Å². The maximum atomic E-state index is 12.1. The Bertz CT molecular complexity index is 536. The van der Waals surface area contributed by atoms with Gasteiger partial charge in [0, 0.05) is 31.9 Å². The van der Waals surface area contributed by atoms with Crippen molar-refractivity contribution in [2.24, 2.45) is 4.99 Å². The highest BCUT2D eigenvalue weighted by Gasteiger charge is 2.17. The zero-order chi connectivity index (χ0) is 16.5. The number of carbonyl (C=O) groups excluding carboxylic acids is 1. The van der Waals surface area contributed by atoms with Crippen LogP contribution in [0.4, 0.5) is 10.5 Å². The summed E-state index contributed by atoms with van der Waals surface area (Å²) in [5, 5.41) is 9.37. The zero-order valence-corrected chi connectivity index (χ0v) is 16.8. The molecule has 6 nitrogen and oxygen atoms in total. The van der Waals surface area contributed by atoms with Gasteiger partial charge in [-0.15, -0.1) is 24.0 Å². The molecule has 0 unspecified atom stereocenters. The summed E-state index contributed by atoms with van der Waals surface area (Å²) in [6.07, 6.45) is 2.19. The topological polar surface area (TPSA) is 68.8 Å². The van der Waals surface area contributed by atoms with Crippen molar-refractivity contribution in [3.8, 4) is 0 Å². The molecule has 0 radical (unpaired) electrons. The highest BCUT2D eigenvalue weighted by atomic mass is 127. The van der Waals surface area contributed by atoms with Gasteiger partial charge in [0.1, 0.15) is 0 Å². The number of benzene rings is 1. The summed E-state index contributed by atoms with van der Waals surface area (Å²) >= 11 is 0. The Morgan fingerprint density at radius 3 is 2.46 bits per heavy atom. The number of amides is 2. The number of carbonyl (C=O) groups is 1. The summed E-state index contributed by atoms with van der Waals surface area (Å²) in [7, 11) is 0. The Kier molecular flexibility index (Phi) is 9.51. The second kappa shape index (κ2) is 11.1. The van der Waals surface area contributed by atoms with Crippen molar-refractivity contribution < 1.29 is 4.79 Å². The van der Waals surface area contributed by atoms with E-state index in [1.54, 1.807) is 0 Å². The number of nitrogens with one attached hydrogen (secondary N) is 3. The van der Waals surface area contributed by atoms with Crippen LogP contribution in [-0.4, -0.2) is 43.1 Å². The van der Waals surface area contributed by atoms with Crippen LogP contribution in [0.25, 0.3) is 0 Å². The number of guanidine groups is 1. The fourth-order valence-corrected chi connectivity index (χ4v) is 2.55. The lowest BCUT2D eigenvalue weighted by Gasteiger charge is -2.16. The summed E-state index contributed by atoms with van der Waals surface area (Å²) < 4.78 is 0. The molecule has 134 valence electrons. The summed E-state index contributed by atoms with van der Waals surface area (Å²) in [5.41, 5.74) is 1.89. The van der Waals surface area contributed by atoms with Gasteiger partial charge in [-0.25, -0.2) is 9.79 Å². The molecule has 1 fully saturated rings. The lowest BCUT2D eigenvalue weighted by atomic mass is 10.2. The predicted molar refractivity (Wildman–Crippen MR) is 110 cm³/mol. The zero-order valence-electron chi connectivity index (χ0n) is 14.5. The third-order valence-corrected chi connectivity index (χ3v) is 3.68. The van der Waals surface area contributed by atoms with Crippen molar-refractivity contribution in [3.63, 3.8) is 0 Å². The maximum absolute atomic E-state index is 12.1. The van der Waals surface area contributed by atoms with E-state index in [9.17, 15) is 4.79 Å². The molecule has 1 aromatic rings. The van der Waals surface area contributed by atoms with Crippen molar-refractivity contribution in [2.75, 3.05) is 31.5 Å². The first-order valence-electron chi connectivity index (χ1n) is 8.40. The largest absolute Gasteiger partial charge is 0.357 e. The van der Waals surface area contributed by atoms with Gasteiger partial charge in [0.25, 0.3) is 0 Å². The highest BCUT2D eigenvalue weighted by molar-refractivity contribution is 14.0. The highest BCUT2D eigenvalue weighted by Crippen LogP contribution is 2.14. The molecule has 0 bridgehead atoms. The molecule has 24 heavy (non-hydrogen) atoms. The van der Waals surface area contributed by atoms with E-state index in [0.29, 0.717) is 6.54 Å². The van der Waals surface area contributed by atoms with E-state index in [1.165, 1.54) is 0 Å². The van der Waals surface area contributed by atoms with Crippen LogP contribution in [-0.2, 0) is 6.54 Å². The number of hydrogen-bond acceptors (Lipinski definition) is 2. The Balaban J connectivity index is 0.00000288. The van der Waals surface area contributed by atoms with E-state index >= 15 is 0 Å². The van der Waals surface area contributed by atoms with Gasteiger partial charge < -0.3 is 20.9 Å². The molecule has 7 heteroatoms. The monoisotopic (exact) mass is 445 g/mol. The van der Waals surface area contributed by atoms with Crippen LogP contribution in [0, 0.1) is 0 Å². The number of rotatable bonds is 5. The van der Waals surface area contributed by atoms with E-state index in [2.05, 4.69) is 20.9 Å². The molecule has 1 aliphatic rings. The third-order valence-electron chi connectivity index (χ3n) is 3.68. The van der Waals surface area contributed by atoms with Gasteiger partial charge in [0.15, 0.2) is 5.96 Å². The molecule has 2 rings (SSSR count). The van der Waals surface area contributed by atoms with E-state index in [4.69, 9.17) is 0 Å². The van der Waals surface area contributed by atoms with Crippen LogP contribution >= 0.6 is 24.0 Å². The van der Waals surface area contributed by atoms with E-state index in [1.807, 2.05) is 43.0 Å². The number of aliphatic imine (C=N–C) groups is 1. The molecule has 0 aromatic heterocycles. The van der Waals surface area contributed by atoms with Crippen molar-refractivity contribution >= 4 is 41.7 Å². The molecule has 0 saturated carbocycles. The Morgan fingerprint density at radius 1 is 1.17 bits per heavy atom. The number of likely N-dealkylation sites (tertiary alicyclic amines) is 1. The van der Waals surface area contributed by atoms with E-state index < -0.39 is 0 Å². The van der Waals surface area contributed by atoms with Crippen molar-refractivity contribution in [3.05, 3.63) is 29.8 Å². The summed E-state index contributed by atoms with van der Waals surface area (Å²) in [4.78, 5) is 18.5. The average molecular weight is 445 g/mol. The average Bonchev–Trinajstić information content (AvgIpc) is 3.08. The smallest absolute Gasteiger partial charge is 0.321 e. The fraction of sp³-hybridized carbons (Fsp3) is 0.529. The van der Waals surface area contributed by atoms with Crippen LogP contribution in [0.2, 0.25) is 0 Å². The van der Waals surface area contributed by atoms with Gasteiger partial charge in [0.05, 0.1) is 6.54 Å². The minimum Gasteiger partial charge on any atom is -0.357 e. The molecule has 3 N–H and O–H groups in total. The minimum absolute atomic E-state index is 0. The van der Waals surface area contributed by atoms with Crippen LogP contribution in [0.15, 0.2) is 29.3 Å². The van der Waals surface area contributed by atoms with Gasteiger partial charge >= 0.3 is 6.03 Å². The Labute approximate surface area is 161 Å². The minimum atomic E-state index is -0.0101. The van der Waals surface area contributed by atoms with Gasteiger partial charge in [-0.3, -0.25) is 0 Å². The standard InChI is InChI=1S/C17H27N5O.HI/c1-3-18-16(19-4-2)20-13-14-8-7-9-15(12-14)21-17(23)22-10-5-6-11-22;/h7-9,12H,3-6,10-11,13H2,1-2H3,(H,21,23)(H2,18,19,20);1H.